The van der Waals surface area contributed by atoms with E-state index in [1.165, 1.54) is 17.3 Å². The molecule has 0 aliphatic carbocycles. The lowest BCUT2D eigenvalue weighted by Gasteiger charge is -2.12. The Labute approximate surface area is 148 Å². The van der Waals surface area contributed by atoms with Gasteiger partial charge in [-0.05, 0) is 38.3 Å². The van der Waals surface area contributed by atoms with Gasteiger partial charge in [-0.25, -0.2) is 0 Å². The highest BCUT2D eigenvalue weighted by molar-refractivity contribution is 7.99. The molecule has 0 fully saturated rings. The number of anilines is 1. The highest BCUT2D eigenvalue weighted by Crippen LogP contribution is 2.23. The number of hydrogen-bond donors (Lipinski definition) is 1. The highest BCUT2D eigenvalue weighted by Gasteiger charge is 2.13. The molecular formula is C18H26N4OS. The molecule has 0 aliphatic rings. The average Bonchev–Trinajstić information content (AvgIpc) is 2.87. The predicted octanol–water partition coefficient (Wildman–Crippen LogP) is 3.81. The largest absolute Gasteiger partial charge is 0.325 e. The number of aromatic nitrogens is 3. The lowest BCUT2D eigenvalue weighted by atomic mass is 10.1. The molecule has 0 aliphatic heterocycles. The second kappa shape index (κ2) is 8.33. The topological polar surface area (TPSA) is 59.8 Å². The Morgan fingerprint density at radius 1 is 1.21 bits per heavy atom. The van der Waals surface area contributed by atoms with Gasteiger partial charge in [-0.1, -0.05) is 42.8 Å². The van der Waals surface area contributed by atoms with Crippen molar-refractivity contribution in [2.75, 3.05) is 11.1 Å². The molecule has 1 aromatic heterocycles. The lowest BCUT2D eigenvalue weighted by Crippen LogP contribution is -2.16. The lowest BCUT2D eigenvalue weighted by molar-refractivity contribution is -0.113. The van der Waals surface area contributed by atoms with Crippen molar-refractivity contribution in [1.82, 2.24) is 14.8 Å². The van der Waals surface area contributed by atoms with Crippen LogP contribution in [-0.4, -0.2) is 26.4 Å². The van der Waals surface area contributed by atoms with Gasteiger partial charge in [0.2, 0.25) is 5.91 Å². The molecular weight excluding hydrogens is 320 g/mol. The minimum absolute atomic E-state index is 0.0202. The van der Waals surface area contributed by atoms with Crippen molar-refractivity contribution in [3.63, 3.8) is 0 Å². The van der Waals surface area contributed by atoms with Crippen LogP contribution in [0.25, 0.3) is 0 Å². The van der Waals surface area contributed by atoms with Crippen molar-refractivity contribution in [3.8, 4) is 0 Å². The summed E-state index contributed by atoms with van der Waals surface area (Å²) in [6.45, 7) is 8.26. The van der Waals surface area contributed by atoms with Crippen molar-refractivity contribution >= 4 is 23.4 Å². The van der Waals surface area contributed by atoms with Crippen LogP contribution in [-0.2, 0) is 18.3 Å². The van der Waals surface area contributed by atoms with Gasteiger partial charge in [0.25, 0.3) is 0 Å². The number of benzene rings is 1. The van der Waals surface area contributed by atoms with Crippen molar-refractivity contribution < 1.29 is 4.79 Å². The summed E-state index contributed by atoms with van der Waals surface area (Å²) >= 11 is 1.42. The molecule has 130 valence electrons. The van der Waals surface area contributed by atoms with Crippen LogP contribution < -0.4 is 5.32 Å². The Bertz CT molecular complexity index is 701. The minimum Gasteiger partial charge on any atom is -0.325 e. The summed E-state index contributed by atoms with van der Waals surface area (Å²) < 4.78 is 1.98. The van der Waals surface area contributed by atoms with E-state index in [9.17, 15) is 4.79 Å². The standard InChI is InChI=1S/C18H26N4OS/c1-6-7-8-15-20-21-18(22(15)5)24-11-16(23)19-17-13(3)9-12(2)10-14(17)4/h9-10H,6-8,11H2,1-5H3,(H,19,23). The van der Waals surface area contributed by atoms with Gasteiger partial charge < -0.3 is 9.88 Å². The molecule has 24 heavy (non-hydrogen) atoms. The van der Waals surface area contributed by atoms with E-state index in [-0.39, 0.29) is 5.91 Å². The third-order valence-electron chi connectivity index (χ3n) is 3.95. The molecule has 0 radical (unpaired) electrons. The summed E-state index contributed by atoms with van der Waals surface area (Å²) in [5.74, 6) is 1.28. The maximum Gasteiger partial charge on any atom is 0.234 e. The highest BCUT2D eigenvalue weighted by atomic mass is 32.2. The first-order valence-corrected chi connectivity index (χ1v) is 9.29. The average molecular weight is 347 g/mol. The maximum absolute atomic E-state index is 12.3. The number of rotatable bonds is 7. The van der Waals surface area contributed by atoms with Gasteiger partial charge in [-0.3, -0.25) is 4.79 Å². The summed E-state index contributed by atoms with van der Waals surface area (Å²) in [5, 5.41) is 12.2. The molecule has 0 saturated heterocycles. The number of hydrogen-bond acceptors (Lipinski definition) is 4. The SMILES string of the molecule is CCCCc1nnc(SCC(=O)Nc2c(C)cc(C)cc2C)n1C. The van der Waals surface area contributed by atoms with Crippen LogP contribution in [0.2, 0.25) is 0 Å². The summed E-state index contributed by atoms with van der Waals surface area (Å²) in [5.41, 5.74) is 4.29. The third kappa shape index (κ3) is 4.60. The molecule has 5 nitrogen and oxygen atoms in total. The molecule has 1 N–H and O–H groups in total. The van der Waals surface area contributed by atoms with Gasteiger partial charge in [0.1, 0.15) is 5.82 Å². The van der Waals surface area contributed by atoms with E-state index in [1.807, 2.05) is 25.5 Å². The molecule has 2 aromatic rings. The molecule has 1 amide bonds. The number of nitrogens with zero attached hydrogens (tertiary/aromatic N) is 3. The molecule has 0 spiro atoms. The zero-order valence-corrected chi connectivity index (χ0v) is 16.0. The van der Waals surface area contributed by atoms with E-state index in [0.29, 0.717) is 5.75 Å². The zero-order valence-electron chi connectivity index (χ0n) is 15.1. The number of thioether (sulfide) groups is 1. The Balaban J connectivity index is 1.96. The van der Waals surface area contributed by atoms with E-state index in [1.54, 1.807) is 0 Å². The first-order valence-electron chi connectivity index (χ1n) is 8.31. The maximum atomic E-state index is 12.3. The summed E-state index contributed by atoms with van der Waals surface area (Å²) in [6, 6.07) is 4.16. The number of carbonyl (C=O) groups is 1. The Hall–Kier alpha value is -1.82. The van der Waals surface area contributed by atoms with Crippen LogP contribution in [0, 0.1) is 20.8 Å². The minimum atomic E-state index is -0.0202. The molecule has 0 bridgehead atoms. The normalized spacial score (nSPS) is 10.9. The fourth-order valence-corrected chi connectivity index (χ4v) is 3.44. The van der Waals surface area contributed by atoms with Gasteiger partial charge in [0.05, 0.1) is 5.75 Å². The zero-order chi connectivity index (χ0) is 17.7. The number of amides is 1. The van der Waals surface area contributed by atoms with Crippen molar-refractivity contribution in [3.05, 3.63) is 34.6 Å². The second-order valence-electron chi connectivity index (χ2n) is 6.17. The van der Waals surface area contributed by atoms with Gasteiger partial charge in [0.15, 0.2) is 5.16 Å². The molecule has 6 heteroatoms. The van der Waals surface area contributed by atoms with Gasteiger partial charge >= 0.3 is 0 Å². The fraction of sp³-hybridized carbons (Fsp3) is 0.500. The van der Waals surface area contributed by atoms with Crippen molar-refractivity contribution in [2.45, 2.75) is 52.1 Å². The third-order valence-corrected chi connectivity index (χ3v) is 4.97. The van der Waals surface area contributed by atoms with Crippen LogP contribution in [0.15, 0.2) is 17.3 Å². The number of unbranched alkanes of at least 4 members (excludes halogenated alkanes) is 1. The van der Waals surface area contributed by atoms with E-state index in [0.717, 1.165) is 47.1 Å². The molecule has 1 heterocycles. The van der Waals surface area contributed by atoms with Crippen LogP contribution in [0.3, 0.4) is 0 Å². The quantitative estimate of drug-likeness (QED) is 0.775. The summed E-state index contributed by atoms with van der Waals surface area (Å²) in [7, 11) is 1.96. The number of nitrogens with one attached hydrogen (secondary N) is 1. The Morgan fingerprint density at radius 2 is 1.88 bits per heavy atom. The van der Waals surface area contributed by atoms with E-state index < -0.39 is 0 Å². The van der Waals surface area contributed by atoms with E-state index >= 15 is 0 Å². The summed E-state index contributed by atoms with van der Waals surface area (Å²) in [6.07, 6.45) is 3.16. The fourth-order valence-electron chi connectivity index (χ4n) is 2.71. The molecule has 1 aromatic carbocycles. The van der Waals surface area contributed by atoms with E-state index in [4.69, 9.17) is 0 Å². The first kappa shape index (κ1) is 18.5. The van der Waals surface area contributed by atoms with E-state index in [2.05, 4.69) is 41.5 Å². The molecule has 0 unspecified atom stereocenters. The van der Waals surface area contributed by atoms with Crippen molar-refractivity contribution in [1.29, 1.82) is 0 Å². The molecule has 0 atom stereocenters. The molecule has 0 saturated carbocycles. The van der Waals surface area contributed by atoms with Crippen LogP contribution in [0.5, 0.6) is 0 Å². The van der Waals surface area contributed by atoms with Crippen LogP contribution in [0.4, 0.5) is 5.69 Å². The monoisotopic (exact) mass is 346 g/mol. The second-order valence-corrected chi connectivity index (χ2v) is 7.11. The molecule has 2 rings (SSSR count). The first-order chi connectivity index (χ1) is 11.4. The van der Waals surface area contributed by atoms with Crippen molar-refractivity contribution in [2.24, 2.45) is 7.05 Å². The predicted molar refractivity (Wildman–Crippen MR) is 99.6 cm³/mol. The smallest absolute Gasteiger partial charge is 0.234 e. The Kier molecular flexibility index (Phi) is 6.43. The van der Waals surface area contributed by atoms with Gasteiger partial charge in [-0.15, -0.1) is 10.2 Å². The van der Waals surface area contributed by atoms with Gasteiger partial charge in [-0.2, -0.15) is 0 Å². The Morgan fingerprint density at radius 3 is 2.50 bits per heavy atom. The summed E-state index contributed by atoms with van der Waals surface area (Å²) in [4.78, 5) is 12.3. The number of carbonyl (C=O) groups excluding carboxylic acids is 1. The van der Waals surface area contributed by atoms with Gasteiger partial charge in [0, 0.05) is 19.2 Å². The number of aryl methyl sites for hydroxylation is 4. The van der Waals surface area contributed by atoms with Crippen LogP contribution in [0.1, 0.15) is 42.3 Å². The van der Waals surface area contributed by atoms with Crippen LogP contribution >= 0.6 is 11.8 Å².